The monoisotopic (exact) mass is 304 g/mol. The lowest BCUT2D eigenvalue weighted by Crippen LogP contribution is -2.33. The lowest BCUT2D eigenvalue weighted by atomic mass is 9.87. The van der Waals surface area contributed by atoms with Gasteiger partial charge in [0.15, 0.2) is 0 Å². The van der Waals surface area contributed by atoms with Crippen molar-refractivity contribution < 1.29 is 9.84 Å². The summed E-state index contributed by atoms with van der Waals surface area (Å²) in [5.41, 5.74) is 14.3. The molecule has 6 nitrogen and oxygen atoms in total. The van der Waals surface area contributed by atoms with Gasteiger partial charge in [0.25, 0.3) is 0 Å². The highest BCUT2D eigenvalue weighted by atomic mass is 16.5. The van der Waals surface area contributed by atoms with Crippen LogP contribution in [0, 0.1) is 13.8 Å². The molecule has 0 aromatic heterocycles. The first-order valence-corrected chi connectivity index (χ1v) is 7.31. The van der Waals surface area contributed by atoms with E-state index in [4.69, 9.17) is 16.2 Å². The van der Waals surface area contributed by atoms with Crippen LogP contribution in [0.2, 0.25) is 0 Å². The average molecular weight is 304 g/mol. The van der Waals surface area contributed by atoms with Gasteiger partial charge in [-0.1, -0.05) is 0 Å². The molecule has 1 aliphatic rings. The maximum Gasteiger partial charge on any atom is 0.211 e. The fourth-order valence-corrected chi connectivity index (χ4v) is 2.84. The van der Waals surface area contributed by atoms with Gasteiger partial charge in [-0.3, -0.25) is 0 Å². The summed E-state index contributed by atoms with van der Waals surface area (Å²) >= 11 is 0. The van der Waals surface area contributed by atoms with Crippen molar-refractivity contribution in [3.8, 4) is 11.5 Å². The number of hydrogen-bond donors (Lipinski definition) is 3. The lowest BCUT2D eigenvalue weighted by molar-refractivity contribution is 0.0832. The van der Waals surface area contributed by atoms with Crippen LogP contribution in [0.5, 0.6) is 11.5 Å². The third-order valence-corrected chi connectivity index (χ3v) is 4.07. The van der Waals surface area contributed by atoms with Gasteiger partial charge in [0, 0.05) is 16.7 Å². The van der Waals surface area contributed by atoms with Crippen LogP contribution in [0.15, 0.2) is 10.2 Å². The first-order valence-electron chi connectivity index (χ1n) is 7.31. The van der Waals surface area contributed by atoms with Gasteiger partial charge < -0.3 is 21.3 Å². The van der Waals surface area contributed by atoms with E-state index in [2.05, 4.69) is 24.1 Å². The van der Waals surface area contributed by atoms with E-state index in [0.717, 1.165) is 35.3 Å². The highest BCUT2D eigenvalue weighted by molar-refractivity contribution is 6.03. The van der Waals surface area contributed by atoms with Crippen molar-refractivity contribution in [1.82, 2.24) is 0 Å². The summed E-state index contributed by atoms with van der Waals surface area (Å²) in [6.45, 7) is 9.71. The minimum absolute atomic E-state index is 0.122. The number of phenolic OH excluding ortho intramolecular Hbond substituents is 1. The Balaban J connectivity index is 2.65. The highest BCUT2D eigenvalue weighted by Crippen LogP contribution is 2.43. The van der Waals surface area contributed by atoms with Crippen molar-refractivity contribution in [2.45, 2.75) is 53.1 Å². The van der Waals surface area contributed by atoms with E-state index in [9.17, 15) is 5.11 Å². The van der Waals surface area contributed by atoms with Crippen molar-refractivity contribution in [1.29, 1.82) is 0 Å². The number of nitrogens with zero attached hydrogens (tertiary/aromatic N) is 2. The summed E-state index contributed by atoms with van der Waals surface area (Å²) in [6, 6.07) is 0. The molecule has 6 heteroatoms. The Labute approximate surface area is 130 Å². The third kappa shape index (κ3) is 2.86. The minimum Gasteiger partial charge on any atom is -0.507 e. The van der Waals surface area contributed by atoms with Crippen LogP contribution >= 0.6 is 0 Å². The van der Waals surface area contributed by atoms with E-state index in [0.29, 0.717) is 11.3 Å². The first-order chi connectivity index (χ1) is 10.1. The number of rotatable bonds is 2. The second-order valence-corrected chi connectivity index (χ2v) is 6.35. The van der Waals surface area contributed by atoms with Gasteiger partial charge >= 0.3 is 0 Å². The SMILES string of the molecule is C/C(=N\N=C(N)N)c1c(C)c2c(c(C)c1O)CCC(C)(C)O2. The molecular formula is C16H24N4O2. The predicted molar refractivity (Wildman–Crippen MR) is 88.6 cm³/mol. The second-order valence-electron chi connectivity index (χ2n) is 6.35. The molecule has 1 aromatic rings. The van der Waals surface area contributed by atoms with E-state index in [-0.39, 0.29) is 17.3 Å². The smallest absolute Gasteiger partial charge is 0.211 e. The van der Waals surface area contributed by atoms with Gasteiger partial charge in [-0.05, 0) is 53.0 Å². The summed E-state index contributed by atoms with van der Waals surface area (Å²) < 4.78 is 6.15. The Bertz CT molecular complexity index is 671. The molecule has 120 valence electrons. The Morgan fingerprint density at radius 2 is 1.82 bits per heavy atom. The Kier molecular flexibility index (Phi) is 4.04. The molecule has 0 atom stereocenters. The fourth-order valence-electron chi connectivity index (χ4n) is 2.84. The average Bonchev–Trinajstić information content (AvgIpc) is 2.42. The molecule has 0 saturated carbocycles. The van der Waals surface area contributed by atoms with E-state index >= 15 is 0 Å². The van der Waals surface area contributed by atoms with Gasteiger partial charge in [0.1, 0.15) is 17.1 Å². The van der Waals surface area contributed by atoms with Crippen molar-refractivity contribution in [2.24, 2.45) is 21.7 Å². The summed E-state index contributed by atoms with van der Waals surface area (Å²) in [5, 5.41) is 18.2. The van der Waals surface area contributed by atoms with E-state index in [1.54, 1.807) is 6.92 Å². The van der Waals surface area contributed by atoms with Crippen LogP contribution < -0.4 is 16.2 Å². The second kappa shape index (κ2) is 5.51. The van der Waals surface area contributed by atoms with Crippen LogP contribution in [-0.2, 0) is 6.42 Å². The molecule has 0 fully saturated rings. The summed E-state index contributed by atoms with van der Waals surface area (Å²) in [4.78, 5) is 0. The molecule has 1 aliphatic heterocycles. The first kappa shape index (κ1) is 16.1. The van der Waals surface area contributed by atoms with Crippen LogP contribution in [0.25, 0.3) is 0 Å². The molecule has 0 radical (unpaired) electrons. The van der Waals surface area contributed by atoms with Crippen LogP contribution in [0.1, 0.15) is 49.4 Å². The molecule has 1 aromatic carbocycles. The van der Waals surface area contributed by atoms with Gasteiger partial charge in [0.2, 0.25) is 5.96 Å². The van der Waals surface area contributed by atoms with Crippen LogP contribution in [0.4, 0.5) is 0 Å². The van der Waals surface area contributed by atoms with Crippen molar-refractivity contribution >= 4 is 11.7 Å². The quantitative estimate of drug-likeness (QED) is 0.442. The molecule has 0 unspecified atom stereocenters. The van der Waals surface area contributed by atoms with E-state index in [1.807, 2.05) is 13.8 Å². The Morgan fingerprint density at radius 3 is 2.41 bits per heavy atom. The number of ether oxygens (including phenoxy) is 1. The largest absolute Gasteiger partial charge is 0.507 e. The Hall–Kier alpha value is -2.24. The number of aromatic hydroxyl groups is 1. The van der Waals surface area contributed by atoms with Gasteiger partial charge in [-0.15, -0.1) is 5.10 Å². The lowest BCUT2D eigenvalue weighted by Gasteiger charge is -2.35. The molecule has 0 aliphatic carbocycles. The molecule has 2 rings (SSSR count). The molecule has 0 saturated heterocycles. The standard InChI is InChI=1S/C16H24N4O2/c1-8-11-6-7-16(4,5)22-14(11)9(2)12(13(8)21)10(3)19-20-15(17)18/h21H,6-7H2,1-5H3,(H4,17,18,20)/b19-10+. The molecular weight excluding hydrogens is 280 g/mol. The fraction of sp³-hybridized carbons (Fsp3) is 0.500. The predicted octanol–water partition coefficient (Wildman–Crippen LogP) is 2.11. The van der Waals surface area contributed by atoms with Crippen molar-refractivity contribution in [3.05, 3.63) is 22.3 Å². The molecule has 0 bridgehead atoms. The number of fused-ring (bicyclic) bond motifs is 1. The van der Waals surface area contributed by atoms with E-state index in [1.165, 1.54) is 0 Å². The number of benzene rings is 1. The number of hydrogen-bond acceptors (Lipinski definition) is 4. The maximum absolute atomic E-state index is 10.6. The normalized spacial score (nSPS) is 16.7. The minimum atomic E-state index is -0.219. The van der Waals surface area contributed by atoms with E-state index < -0.39 is 0 Å². The highest BCUT2D eigenvalue weighted by Gasteiger charge is 2.31. The van der Waals surface area contributed by atoms with Gasteiger partial charge in [-0.25, -0.2) is 0 Å². The zero-order valence-electron chi connectivity index (χ0n) is 13.8. The van der Waals surface area contributed by atoms with Crippen molar-refractivity contribution in [2.75, 3.05) is 0 Å². The molecule has 5 N–H and O–H groups in total. The van der Waals surface area contributed by atoms with Gasteiger partial charge in [0.05, 0.1) is 5.71 Å². The topological polar surface area (TPSA) is 106 Å². The molecule has 0 spiro atoms. The number of phenols is 1. The maximum atomic E-state index is 10.6. The molecule has 22 heavy (non-hydrogen) atoms. The number of nitrogens with two attached hydrogens (primary N) is 2. The number of guanidine groups is 1. The summed E-state index contributed by atoms with van der Waals surface area (Å²) in [5.74, 6) is 0.927. The van der Waals surface area contributed by atoms with Crippen molar-refractivity contribution in [3.63, 3.8) is 0 Å². The van der Waals surface area contributed by atoms with Crippen LogP contribution in [0.3, 0.4) is 0 Å². The van der Waals surface area contributed by atoms with Gasteiger partial charge in [-0.2, -0.15) is 5.10 Å². The molecule has 0 amide bonds. The zero-order chi connectivity index (χ0) is 16.7. The van der Waals surface area contributed by atoms with Crippen LogP contribution in [-0.4, -0.2) is 22.4 Å². The zero-order valence-corrected chi connectivity index (χ0v) is 13.8. The third-order valence-electron chi connectivity index (χ3n) is 4.07. The summed E-state index contributed by atoms with van der Waals surface area (Å²) in [6.07, 6.45) is 1.80. The Morgan fingerprint density at radius 1 is 1.18 bits per heavy atom. The molecule has 1 heterocycles. The summed E-state index contributed by atoms with van der Waals surface area (Å²) in [7, 11) is 0.